The Hall–Kier alpha value is -1.38. The van der Waals surface area contributed by atoms with Crippen LogP contribution >= 0.6 is 0 Å². The number of nitrogens with zero attached hydrogens (tertiary/aromatic N) is 2. The number of aliphatic hydroxyl groups excluding tert-OH is 1. The van der Waals surface area contributed by atoms with Crippen LogP contribution in [0.3, 0.4) is 0 Å². The second kappa shape index (κ2) is 4.38. The summed E-state index contributed by atoms with van der Waals surface area (Å²) in [4.78, 5) is 13.5. The SMILES string of the molecule is Cn1cc(S(N)(=O)=O)cc1C(=O)N1CC[C@H](O)C1. The van der Waals surface area contributed by atoms with Crippen molar-refractivity contribution in [2.24, 2.45) is 12.2 Å². The van der Waals surface area contributed by atoms with Crippen LogP contribution in [0.5, 0.6) is 0 Å². The fourth-order valence-electron chi connectivity index (χ4n) is 1.99. The summed E-state index contributed by atoms with van der Waals surface area (Å²) in [5, 5.41) is 14.4. The molecule has 1 aliphatic rings. The van der Waals surface area contributed by atoms with Crippen LogP contribution in [-0.4, -0.2) is 48.1 Å². The van der Waals surface area contributed by atoms with Crippen LogP contribution in [0.25, 0.3) is 0 Å². The van der Waals surface area contributed by atoms with Crippen molar-refractivity contribution in [3.05, 3.63) is 18.0 Å². The van der Waals surface area contributed by atoms with Gasteiger partial charge in [0, 0.05) is 26.3 Å². The highest BCUT2D eigenvalue weighted by molar-refractivity contribution is 7.89. The first kappa shape index (κ1) is 13.1. The van der Waals surface area contributed by atoms with Gasteiger partial charge in [-0.1, -0.05) is 0 Å². The molecule has 0 aromatic carbocycles. The van der Waals surface area contributed by atoms with Crippen LogP contribution in [0.4, 0.5) is 0 Å². The Balaban J connectivity index is 2.29. The van der Waals surface area contributed by atoms with E-state index in [0.717, 1.165) is 0 Å². The van der Waals surface area contributed by atoms with Gasteiger partial charge >= 0.3 is 0 Å². The van der Waals surface area contributed by atoms with E-state index in [0.29, 0.717) is 13.0 Å². The lowest BCUT2D eigenvalue weighted by atomic mass is 10.3. The number of primary sulfonamides is 1. The molecule has 0 unspecified atom stereocenters. The van der Waals surface area contributed by atoms with E-state index in [-0.39, 0.29) is 23.0 Å². The molecular weight excluding hydrogens is 258 g/mol. The molecule has 0 aliphatic carbocycles. The highest BCUT2D eigenvalue weighted by atomic mass is 32.2. The predicted octanol–water partition coefficient (Wildman–Crippen LogP) is -1.12. The number of carbonyl (C=O) groups excluding carboxylic acids is 1. The van der Waals surface area contributed by atoms with Crippen LogP contribution in [-0.2, 0) is 17.1 Å². The van der Waals surface area contributed by atoms with Crippen LogP contribution in [0, 0.1) is 0 Å². The zero-order chi connectivity index (χ0) is 13.5. The molecule has 1 atom stereocenters. The Morgan fingerprint density at radius 2 is 2.22 bits per heavy atom. The van der Waals surface area contributed by atoms with Crippen molar-refractivity contribution >= 4 is 15.9 Å². The van der Waals surface area contributed by atoms with Crippen LogP contribution < -0.4 is 5.14 Å². The van der Waals surface area contributed by atoms with Crippen molar-refractivity contribution in [1.29, 1.82) is 0 Å². The molecule has 0 bridgehead atoms. The highest BCUT2D eigenvalue weighted by Crippen LogP contribution is 2.17. The Bertz CT molecular complexity index is 578. The van der Waals surface area contributed by atoms with E-state index in [1.54, 1.807) is 7.05 Å². The van der Waals surface area contributed by atoms with Crippen molar-refractivity contribution in [1.82, 2.24) is 9.47 Å². The van der Waals surface area contributed by atoms with Gasteiger partial charge in [-0.25, -0.2) is 13.6 Å². The third-order valence-corrected chi connectivity index (χ3v) is 3.86. The monoisotopic (exact) mass is 273 g/mol. The Kier molecular flexibility index (Phi) is 3.18. The number of carbonyl (C=O) groups is 1. The van der Waals surface area contributed by atoms with Gasteiger partial charge in [0.1, 0.15) is 10.6 Å². The second-order valence-electron chi connectivity index (χ2n) is 4.41. The zero-order valence-electron chi connectivity index (χ0n) is 9.91. The third-order valence-electron chi connectivity index (χ3n) is 2.98. The number of rotatable bonds is 2. The predicted molar refractivity (Wildman–Crippen MR) is 63.3 cm³/mol. The number of nitrogens with two attached hydrogens (primary N) is 1. The first-order chi connectivity index (χ1) is 8.29. The van der Waals surface area contributed by atoms with Gasteiger partial charge in [0.2, 0.25) is 10.0 Å². The Labute approximate surface area is 105 Å². The number of sulfonamides is 1. The first-order valence-corrected chi connectivity index (χ1v) is 7.00. The third kappa shape index (κ3) is 2.40. The van der Waals surface area contributed by atoms with Crippen molar-refractivity contribution in [2.75, 3.05) is 13.1 Å². The van der Waals surface area contributed by atoms with Crippen LogP contribution in [0.15, 0.2) is 17.2 Å². The summed E-state index contributed by atoms with van der Waals surface area (Å²) in [6.07, 6.45) is 1.33. The molecule has 1 aromatic heterocycles. The topological polar surface area (TPSA) is 106 Å². The zero-order valence-corrected chi connectivity index (χ0v) is 10.7. The summed E-state index contributed by atoms with van der Waals surface area (Å²) in [5.74, 6) is -0.302. The van der Waals surface area contributed by atoms with Gasteiger partial charge in [-0.05, 0) is 12.5 Å². The lowest BCUT2D eigenvalue weighted by Gasteiger charge is -2.15. The Morgan fingerprint density at radius 1 is 1.56 bits per heavy atom. The fraction of sp³-hybridized carbons (Fsp3) is 0.500. The molecule has 1 aromatic rings. The minimum absolute atomic E-state index is 0.0897. The molecule has 2 heterocycles. The lowest BCUT2D eigenvalue weighted by Crippen LogP contribution is -2.30. The largest absolute Gasteiger partial charge is 0.391 e. The second-order valence-corrected chi connectivity index (χ2v) is 5.97. The molecule has 1 saturated heterocycles. The summed E-state index contributed by atoms with van der Waals surface area (Å²) in [6, 6.07) is 1.25. The number of aromatic nitrogens is 1. The molecule has 8 heteroatoms. The quantitative estimate of drug-likeness (QED) is 0.712. The van der Waals surface area contributed by atoms with Crippen LogP contribution in [0.1, 0.15) is 16.9 Å². The maximum absolute atomic E-state index is 12.1. The minimum atomic E-state index is -3.81. The molecule has 7 nitrogen and oxygen atoms in total. The molecule has 18 heavy (non-hydrogen) atoms. The molecule has 0 saturated carbocycles. The molecule has 100 valence electrons. The van der Waals surface area contributed by atoms with Gasteiger partial charge in [0.25, 0.3) is 5.91 Å². The molecule has 1 fully saturated rings. The van der Waals surface area contributed by atoms with E-state index in [9.17, 15) is 18.3 Å². The van der Waals surface area contributed by atoms with Crippen molar-refractivity contribution in [3.8, 4) is 0 Å². The van der Waals surface area contributed by atoms with Crippen molar-refractivity contribution in [3.63, 3.8) is 0 Å². The minimum Gasteiger partial charge on any atom is -0.391 e. The van der Waals surface area contributed by atoms with Crippen molar-refractivity contribution < 1.29 is 18.3 Å². The number of β-amino-alcohol motifs (C(OH)–C–C–N with tert-alkyl or cyclic N) is 1. The normalized spacial score (nSPS) is 20.4. The van der Waals surface area contributed by atoms with E-state index >= 15 is 0 Å². The van der Waals surface area contributed by atoms with E-state index in [1.165, 1.54) is 21.7 Å². The fourth-order valence-corrected chi connectivity index (χ4v) is 2.57. The van der Waals surface area contributed by atoms with E-state index in [1.807, 2.05) is 0 Å². The molecule has 0 radical (unpaired) electrons. The number of aliphatic hydroxyl groups is 1. The summed E-state index contributed by atoms with van der Waals surface area (Å²) in [5.41, 5.74) is 0.244. The van der Waals surface area contributed by atoms with Gasteiger partial charge in [0.15, 0.2) is 0 Å². The molecule has 0 spiro atoms. The number of aryl methyl sites for hydroxylation is 1. The van der Waals surface area contributed by atoms with Gasteiger partial charge in [-0.15, -0.1) is 0 Å². The molecular formula is C10H15N3O4S. The molecule has 2 rings (SSSR count). The van der Waals surface area contributed by atoms with Crippen LogP contribution in [0.2, 0.25) is 0 Å². The molecule has 1 aliphatic heterocycles. The standard InChI is InChI=1S/C10H15N3O4S/c1-12-6-8(18(11,16)17)4-9(12)10(15)13-3-2-7(14)5-13/h4,6-7,14H,2-3,5H2,1H3,(H2,11,16,17)/t7-/m0/s1. The first-order valence-electron chi connectivity index (χ1n) is 5.45. The number of amides is 1. The summed E-state index contributed by atoms with van der Waals surface area (Å²) < 4.78 is 23.8. The van der Waals surface area contributed by atoms with E-state index in [4.69, 9.17) is 5.14 Å². The highest BCUT2D eigenvalue weighted by Gasteiger charge is 2.27. The number of likely N-dealkylation sites (tertiary alicyclic amines) is 1. The van der Waals surface area contributed by atoms with Gasteiger partial charge in [-0.3, -0.25) is 4.79 Å². The van der Waals surface area contributed by atoms with Gasteiger partial charge < -0.3 is 14.6 Å². The summed E-state index contributed by atoms with van der Waals surface area (Å²) in [6.45, 7) is 0.741. The maximum atomic E-state index is 12.1. The summed E-state index contributed by atoms with van der Waals surface area (Å²) in [7, 11) is -2.24. The van der Waals surface area contributed by atoms with Gasteiger partial charge in [-0.2, -0.15) is 0 Å². The average Bonchev–Trinajstić information content (AvgIpc) is 2.83. The number of hydrogen-bond acceptors (Lipinski definition) is 4. The van der Waals surface area contributed by atoms with E-state index in [2.05, 4.69) is 0 Å². The molecule has 1 amide bonds. The molecule has 3 N–H and O–H groups in total. The van der Waals surface area contributed by atoms with Crippen molar-refractivity contribution in [2.45, 2.75) is 17.4 Å². The number of hydrogen-bond donors (Lipinski definition) is 2. The van der Waals surface area contributed by atoms with Gasteiger partial charge in [0.05, 0.1) is 6.10 Å². The smallest absolute Gasteiger partial charge is 0.270 e. The lowest BCUT2D eigenvalue weighted by molar-refractivity contribution is 0.0755. The Morgan fingerprint density at radius 3 is 2.67 bits per heavy atom. The van der Waals surface area contributed by atoms with E-state index < -0.39 is 16.1 Å². The summed E-state index contributed by atoms with van der Waals surface area (Å²) >= 11 is 0. The average molecular weight is 273 g/mol. The maximum Gasteiger partial charge on any atom is 0.270 e.